The Balaban J connectivity index is 2.59. The lowest BCUT2D eigenvalue weighted by Crippen LogP contribution is -2.20. The van der Waals surface area contributed by atoms with Crippen LogP contribution in [0.4, 0.5) is 5.69 Å². The van der Waals surface area contributed by atoms with Crippen molar-refractivity contribution in [2.45, 2.75) is 66.5 Å². The molecule has 2 rings (SSSR count). The number of hydrogen-bond acceptors (Lipinski definition) is 5. The van der Waals surface area contributed by atoms with Crippen LogP contribution in [0.5, 0.6) is 5.75 Å². The summed E-state index contributed by atoms with van der Waals surface area (Å²) in [6, 6.07) is 10.8. The number of aryl methyl sites for hydroxylation is 3. The van der Waals surface area contributed by atoms with Crippen molar-refractivity contribution in [2.24, 2.45) is 0 Å². The molecule has 0 saturated heterocycles. The van der Waals surface area contributed by atoms with Crippen molar-refractivity contribution in [3.05, 3.63) is 58.7 Å². The molecule has 1 atom stereocenters. The van der Waals surface area contributed by atoms with Crippen LogP contribution < -0.4 is 5.32 Å². The average Bonchev–Trinajstić information content (AvgIpc) is 2.53. The summed E-state index contributed by atoms with van der Waals surface area (Å²) in [6.45, 7) is 13.5. The van der Waals surface area contributed by atoms with E-state index in [1.165, 1.54) is 5.56 Å². The molecule has 2 aromatic rings. The van der Waals surface area contributed by atoms with E-state index in [4.69, 9.17) is 9.05 Å². The third-order valence-corrected chi connectivity index (χ3v) is 6.69. The Morgan fingerprint density at radius 1 is 0.893 bits per heavy atom. The summed E-state index contributed by atoms with van der Waals surface area (Å²) in [6.07, 6.45) is -0.544. The normalized spacial score (nSPS) is 13.2. The summed E-state index contributed by atoms with van der Waals surface area (Å²) in [5, 5.41) is 13.1. The first kappa shape index (κ1) is 22.5. The molecule has 0 heterocycles. The van der Waals surface area contributed by atoms with Crippen molar-refractivity contribution in [1.82, 2.24) is 0 Å². The molecule has 2 N–H and O–H groups in total. The summed E-state index contributed by atoms with van der Waals surface area (Å²) < 4.78 is 25.7. The average molecular weight is 405 g/mol. The van der Waals surface area contributed by atoms with Crippen molar-refractivity contribution in [1.29, 1.82) is 0 Å². The fourth-order valence-corrected chi connectivity index (χ4v) is 5.57. The third kappa shape index (κ3) is 5.60. The van der Waals surface area contributed by atoms with Crippen LogP contribution in [-0.4, -0.2) is 17.3 Å². The van der Waals surface area contributed by atoms with Crippen LogP contribution in [-0.2, 0) is 13.6 Å². The van der Waals surface area contributed by atoms with Gasteiger partial charge in [0.05, 0.1) is 12.2 Å². The molecule has 0 amide bonds. The van der Waals surface area contributed by atoms with Gasteiger partial charge in [-0.25, -0.2) is 0 Å². The molecule has 1 unspecified atom stereocenters. The topological polar surface area (TPSA) is 67.8 Å². The van der Waals surface area contributed by atoms with Crippen molar-refractivity contribution < 1.29 is 18.7 Å². The Kier molecular flexibility index (Phi) is 7.33. The second kappa shape index (κ2) is 9.13. The lowest BCUT2D eigenvalue weighted by atomic mass is 10.0. The Hall–Kier alpha value is -1.81. The van der Waals surface area contributed by atoms with Gasteiger partial charge in [0.1, 0.15) is 5.75 Å². The van der Waals surface area contributed by atoms with E-state index in [1.807, 2.05) is 41.5 Å². The number of anilines is 1. The standard InChI is InChI=1S/C22H32NO4P/c1-14(2)26-28(25,27-15(3)4)22(19-8-10-20(24)11-9-19)23-21-17(6)12-16(5)13-18(21)7/h8-15,22-24H,1-7H3. The van der Waals surface area contributed by atoms with E-state index in [1.54, 1.807) is 24.3 Å². The summed E-state index contributed by atoms with van der Waals surface area (Å²) in [4.78, 5) is 0. The molecule has 5 nitrogen and oxygen atoms in total. The zero-order chi connectivity index (χ0) is 21.1. The number of benzene rings is 2. The van der Waals surface area contributed by atoms with Crippen molar-refractivity contribution >= 4 is 13.3 Å². The Morgan fingerprint density at radius 2 is 1.36 bits per heavy atom. The molecule has 2 aromatic carbocycles. The first-order valence-electron chi connectivity index (χ1n) is 9.61. The predicted molar refractivity (Wildman–Crippen MR) is 115 cm³/mol. The van der Waals surface area contributed by atoms with Crippen LogP contribution in [0.25, 0.3) is 0 Å². The van der Waals surface area contributed by atoms with Gasteiger partial charge < -0.3 is 19.5 Å². The minimum Gasteiger partial charge on any atom is -0.508 e. The molecule has 0 aliphatic heterocycles. The van der Waals surface area contributed by atoms with Crippen molar-refractivity contribution in [3.8, 4) is 5.75 Å². The fraction of sp³-hybridized carbons (Fsp3) is 0.455. The molecule has 0 radical (unpaired) electrons. The molecule has 0 spiro atoms. The fourth-order valence-electron chi connectivity index (χ4n) is 3.28. The third-order valence-electron chi connectivity index (χ3n) is 4.20. The predicted octanol–water partition coefficient (Wildman–Crippen LogP) is 6.47. The number of rotatable bonds is 8. The first-order valence-corrected chi connectivity index (χ1v) is 11.2. The van der Waals surface area contributed by atoms with Crippen molar-refractivity contribution in [2.75, 3.05) is 5.32 Å². The molecule has 0 aromatic heterocycles. The van der Waals surface area contributed by atoms with Crippen LogP contribution in [0, 0.1) is 20.8 Å². The summed E-state index contributed by atoms with van der Waals surface area (Å²) >= 11 is 0. The maximum Gasteiger partial charge on any atom is 0.357 e. The minimum absolute atomic E-state index is 0.148. The Labute approximate surface area is 168 Å². The van der Waals surface area contributed by atoms with Gasteiger partial charge in [0.2, 0.25) is 0 Å². The molecular weight excluding hydrogens is 373 g/mol. The van der Waals surface area contributed by atoms with E-state index in [0.29, 0.717) is 0 Å². The summed E-state index contributed by atoms with van der Waals surface area (Å²) in [5.41, 5.74) is 4.91. The summed E-state index contributed by atoms with van der Waals surface area (Å²) in [5.74, 6) is -0.562. The van der Waals surface area contributed by atoms with E-state index in [9.17, 15) is 9.67 Å². The van der Waals surface area contributed by atoms with Gasteiger partial charge in [-0.05, 0) is 77.3 Å². The largest absolute Gasteiger partial charge is 0.508 e. The zero-order valence-electron chi connectivity index (χ0n) is 17.8. The molecule has 0 aliphatic carbocycles. The summed E-state index contributed by atoms with van der Waals surface area (Å²) in [7, 11) is -3.59. The molecule has 6 heteroatoms. The highest BCUT2D eigenvalue weighted by atomic mass is 31.2. The van der Waals surface area contributed by atoms with E-state index in [0.717, 1.165) is 22.4 Å². The number of phenols is 1. The molecule has 0 saturated carbocycles. The van der Waals surface area contributed by atoms with Gasteiger partial charge in [-0.15, -0.1) is 0 Å². The van der Waals surface area contributed by atoms with Crippen LogP contribution >= 0.6 is 7.60 Å². The van der Waals surface area contributed by atoms with Crippen molar-refractivity contribution in [3.63, 3.8) is 0 Å². The second-order valence-corrected chi connectivity index (χ2v) is 9.78. The van der Waals surface area contributed by atoms with Crippen LogP contribution in [0.15, 0.2) is 36.4 Å². The van der Waals surface area contributed by atoms with E-state index >= 15 is 0 Å². The van der Waals surface area contributed by atoms with Gasteiger partial charge in [-0.1, -0.05) is 29.8 Å². The Bertz CT molecular complexity index is 809. The second-order valence-electron chi connectivity index (χ2n) is 7.76. The number of phenolic OH excluding ortho intramolecular Hbond substituents is 1. The molecule has 28 heavy (non-hydrogen) atoms. The highest BCUT2D eigenvalue weighted by Gasteiger charge is 2.40. The zero-order valence-corrected chi connectivity index (χ0v) is 18.7. The molecule has 0 bridgehead atoms. The minimum atomic E-state index is -3.59. The van der Waals surface area contributed by atoms with E-state index in [-0.39, 0.29) is 18.0 Å². The monoisotopic (exact) mass is 405 g/mol. The van der Waals surface area contributed by atoms with Gasteiger partial charge in [0, 0.05) is 5.69 Å². The van der Waals surface area contributed by atoms with Gasteiger partial charge in [-0.2, -0.15) is 0 Å². The molecule has 0 fully saturated rings. The number of nitrogens with one attached hydrogen (secondary N) is 1. The smallest absolute Gasteiger partial charge is 0.357 e. The maximum absolute atomic E-state index is 13.9. The number of aromatic hydroxyl groups is 1. The van der Waals surface area contributed by atoms with E-state index < -0.39 is 13.4 Å². The van der Waals surface area contributed by atoms with E-state index in [2.05, 4.69) is 24.4 Å². The highest BCUT2D eigenvalue weighted by Crippen LogP contribution is 2.62. The van der Waals surface area contributed by atoms with Gasteiger partial charge in [-0.3, -0.25) is 4.57 Å². The Morgan fingerprint density at radius 3 is 1.79 bits per heavy atom. The molecule has 154 valence electrons. The SMILES string of the molecule is Cc1cc(C)c(NC(c2ccc(O)cc2)P(=O)(OC(C)C)OC(C)C)c(C)c1. The molecular formula is C22H32NO4P. The van der Waals surface area contributed by atoms with Gasteiger partial charge in [0.25, 0.3) is 0 Å². The quantitative estimate of drug-likeness (QED) is 0.493. The van der Waals surface area contributed by atoms with Crippen LogP contribution in [0.3, 0.4) is 0 Å². The first-order chi connectivity index (χ1) is 13.0. The van der Waals surface area contributed by atoms with Gasteiger partial charge >= 0.3 is 7.60 Å². The van der Waals surface area contributed by atoms with Gasteiger partial charge in [0.15, 0.2) is 5.78 Å². The lowest BCUT2D eigenvalue weighted by molar-refractivity contribution is 0.138. The molecule has 0 aliphatic rings. The lowest BCUT2D eigenvalue weighted by Gasteiger charge is -2.32. The number of hydrogen-bond donors (Lipinski definition) is 2. The van der Waals surface area contributed by atoms with Crippen LogP contribution in [0.2, 0.25) is 0 Å². The highest BCUT2D eigenvalue weighted by molar-refractivity contribution is 7.54. The van der Waals surface area contributed by atoms with Crippen LogP contribution in [0.1, 0.15) is 55.7 Å². The maximum atomic E-state index is 13.9.